The molecule has 3 aromatic carbocycles. The Hall–Kier alpha value is -6.31. The number of methoxy groups -OCH3 is 1. The highest BCUT2D eigenvalue weighted by Gasteiger charge is 2.46. The number of para-hydroxylation sites is 2. The summed E-state index contributed by atoms with van der Waals surface area (Å²) in [5.74, 6) is -1.55. The van der Waals surface area contributed by atoms with Gasteiger partial charge < -0.3 is 30.5 Å². The molecule has 0 aliphatic carbocycles. The minimum absolute atomic E-state index is 0.0219. The molecular weight excluding hydrogens is 864 g/mol. The third kappa shape index (κ3) is 9.18. The van der Waals surface area contributed by atoms with E-state index in [2.05, 4.69) is 41.0 Å². The lowest BCUT2D eigenvalue weighted by Crippen LogP contribution is -2.54. The van der Waals surface area contributed by atoms with Crippen LogP contribution in [0.3, 0.4) is 0 Å². The largest absolute Gasteiger partial charge is 0.494 e. The number of nitrogens with zero attached hydrogens (tertiary/aromatic N) is 6. The van der Waals surface area contributed by atoms with Crippen LogP contribution in [0, 0.1) is 5.41 Å². The van der Waals surface area contributed by atoms with Crippen LogP contribution in [0.25, 0.3) is 0 Å². The Balaban J connectivity index is 0.823. The number of ether oxygens (including phenoxy) is 1. The number of rotatable bonds is 13. The molecular formula is C44H49ClN10O8S. The van der Waals surface area contributed by atoms with Gasteiger partial charge in [-0.15, -0.1) is 0 Å². The molecule has 4 aliphatic rings. The van der Waals surface area contributed by atoms with Gasteiger partial charge in [-0.2, -0.15) is 4.98 Å². The highest BCUT2D eigenvalue weighted by atomic mass is 35.5. The van der Waals surface area contributed by atoms with Gasteiger partial charge >= 0.3 is 0 Å². The topological polar surface area (TPSA) is 216 Å². The van der Waals surface area contributed by atoms with Crippen molar-refractivity contribution in [3.05, 3.63) is 83.0 Å². The number of nitrogens with one attached hydrogen (secondary N) is 4. The van der Waals surface area contributed by atoms with Gasteiger partial charge in [0.2, 0.25) is 33.7 Å². The van der Waals surface area contributed by atoms with Crippen LogP contribution >= 0.6 is 11.6 Å². The minimum Gasteiger partial charge on any atom is -0.494 e. The van der Waals surface area contributed by atoms with E-state index in [1.807, 2.05) is 18.2 Å². The molecule has 4 N–H and O–H groups in total. The summed E-state index contributed by atoms with van der Waals surface area (Å²) in [6.45, 7) is 4.05. The third-order valence-electron chi connectivity index (χ3n) is 12.7. The second-order valence-electron chi connectivity index (χ2n) is 16.6. The van der Waals surface area contributed by atoms with Crippen molar-refractivity contribution in [2.75, 3.05) is 78.3 Å². The normalized spacial score (nSPS) is 18.7. The number of aromatic nitrogens is 2. The monoisotopic (exact) mass is 912 g/mol. The molecule has 64 heavy (non-hydrogen) atoms. The molecule has 3 saturated heterocycles. The molecule has 1 spiro atoms. The molecule has 20 heteroatoms. The number of benzene rings is 3. The summed E-state index contributed by atoms with van der Waals surface area (Å²) in [4.78, 5) is 78.5. The Kier molecular flexibility index (Phi) is 12.5. The molecule has 0 saturated carbocycles. The summed E-state index contributed by atoms with van der Waals surface area (Å²) < 4.78 is 31.5. The van der Waals surface area contributed by atoms with Crippen molar-refractivity contribution in [1.82, 2.24) is 25.1 Å². The van der Waals surface area contributed by atoms with E-state index in [0.29, 0.717) is 29.4 Å². The van der Waals surface area contributed by atoms with Gasteiger partial charge in [0.15, 0.2) is 5.82 Å². The van der Waals surface area contributed by atoms with Crippen molar-refractivity contribution in [2.24, 2.45) is 5.41 Å². The van der Waals surface area contributed by atoms with Crippen LogP contribution in [-0.2, 0) is 24.4 Å². The summed E-state index contributed by atoms with van der Waals surface area (Å²) in [5.41, 5.74) is 3.22. The maximum atomic E-state index is 13.4. The summed E-state index contributed by atoms with van der Waals surface area (Å²) in [7, 11) is -0.443. The fourth-order valence-corrected chi connectivity index (χ4v) is 9.51. The second-order valence-corrected chi connectivity index (χ2v) is 19.0. The van der Waals surface area contributed by atoms with Crippen LogP contribution in [0.15, 0.2) is 66.9 Å². The Morgan fingerprint density at radius 3 is 2.38 bits per heavy atom. The molecule has 1 aromatic heterocycles. The van der Waals surface area contributed by atoms with Gasteiger partial charge in [-0.25, -0.2) is 13.4 Å². The average molecular weight is 913 g/mol. The number of imide groups is 2. The number of amides is 5. The first kappa shape index (κ1) is 44.3. The Morgan fingerprint density at radius 1 is 0.938 bits per heavy atom. The number of halogens is 1. The molecule has 5 heterocycles. The number of likely N-dealkylation sites (tertiary alicyclic amines) is 1. The number of carbonyl (C=O) groups excluding carboxylic acids is 5. The maximum Gasteiger partial charge on any atom is 0.264 e. The average Bonchev–Trinajstić information content (AvgIpc) is 3.53. The number of hydrogen-bond acceptors (Lipinski definition) is 14. The minimum atomic E-state index is -3.52. The predicted molar refractivity (Wildman–Crippen MR) is 242 cm³/mol. The Labute approximate surface area is 375 Å². The zero-order chi connectivity index (χ0) is 45.3. The van der Waals surface area contributed by atoms with E-state index < -0.39 is 39.7 Å². The molecule has 0 bridgehead atoms. The molecule has 18 nitrogen and oxygen atoms in total. The van der Waals surface area contributed by atoms with Crippen LogP contribution < -0.4 is 35.2 Å². The predicted octanol–water partition coefficient (Wildman–Crippen LogP) is 5.13. The van der Waals surface area contributed by atoms with Crippen LogP contribution in [0.2, 0.25) is 5.02 Å². The first-order chi connectivity index (χ1) is 30.6. The summed E-state index contributed by atoms with van der Waals surface area (Å²) in [5, 5.41) is 11.6. The number of piperidine rings is 3. The lowest BCUT2D eigenvalue weighted by molar-refractivity contribution is -0.136. The summed E-state index contributed by atoms with van der Waals surface area (Å²) >= 11 is 6.47. The maximum absolute atomic E-state index is 13.4. The number of hydrogen-bond donors (Lipinski definition) is 4. The van der Waals surface area contributed by atoms with Gasteiger partial charge in [0.05, 0.1) is 53.4 Å². The van der Waals surface area contributed by atoms with Crippen molar-refractivity contribution in [3.8, 4) is 5.75 Å². The molecule has 8 rings (SSSR count). The highest BCUT2D eigenvalue weighted by Crippen LogP contribution is 2.43. The van der Waals surface area contributed by atoms with Gasteiger partial charge in [-0.3, -0.25) is 38.5 Å². The number of sulfonamides is 1. The van der Waals surface area contributed by atoms with Gasteiger partial charge in [0.1, 0.15) is 16.8 Å². The lowest BCUT2D eigenvalue weighted by Gasteiger charge is -2.47. The first-order valence-corrected chi connectivity index (χ1v) is 23.2. The van der Waals surface area contributed by atoms with E-state index in [0.717, 1.165) is 68.7 Å². The van der Waals surface area contributed by atoms with Crippen molar-refractivity contribution in [2.45, 2.75) is 51.0 Å². The van der Waals surface area contributed by atoms with Crippen molar-refractivity contribution < 1.29 is 37.1 Å². The van der Waals surface area contributed by atoms with Crippen molar-refractivity contribution in [1.29, 1.82) is 0 Å². The fraction of sp³-hybridized carbons (Fsp3) is 0.386. The third-order valence-corrected chi connectivity index (χ3v) is 14.1. The molecule has 4 aliphatic heterocycles. The zero-order valence-electron chi connectivity index (χ0n) is 35.6. The van der Waals surface area contributed by atoms with Gasteiger partial charge in [0, 0.05) is 51.3 Å². The van der Waals surface area contributed by atoms with E-state index in [9.17, 15) is 32.4 Å². The fourth-order valence-electron chi connectivity index (χ4n) is 8.86. The Bertz CT molecular complexity index is 2630. The summed E-state index contributed by atoms with van der Waals surface area (Å²) in [6.07, 6.45) is 6.97. The first-order valence-electron chi connectivity index (χ1n) is 21.0. The number of carbonyl (C=O) groups is 5. The van der Waals surface area contributed by atoms with Crippen LogP contribution in [0.4, 0.5) is 40.2 Å². The standard InChI is InChI=1S/C44H49ClN10O8S/c1-52(64(3,61)62)33-10-5-4-8-30(33)48-39-29(45)26-46-43(51-39)49-31-12-11-27(25-35(31)63-2)54-23-18-44(19-24-54)16-21-53(22-17-44)20-15-37(57)47-32-9-6-7-28-38(32)42(60)55(41(28)59)34-13-14-36(56)50-40(34)58/h4-12,25-26,34H,13-24H2,1-3H3,(H,47,57)(H,50,56,58)(H2,46,48,49,51). The SMILES string of the molecule is COc1cc(N2CCC3(CCN(CCC(=O)Nc4cccc5c4C(=O)N(C4CCC(=O)NC4=O)C5=O)CC3)CC2)ccc1Nc1ncc(Cl)c(Nc2ccccc2N(C)S(C)(=O)=O)n1. The van der Waals surface area contributed by atoms with Crippen LogP contribution in [-0.4, -0.2) is 117 Å². The van der Waals surface area contributed by atoms with Gasteiger partial charge in [0.25, 0.3) is 11.8 Å². The number of fused-ring (bicyclic) bond motifs is 1. The molecule has 4 aromatic rings. The van der Waals surface area contributed by atoms with Crippen molar-refractivity contribution >= 4 is 91.4 Å². The second kappa shape index (κ2) is 18.1. The molecule has 5 amide bonds. The Morgan fingerprint density at radius 2 is 1.66 bits per heavy atom. The van der Waals surface area contributed by atoms with Crippen LogP contribution in [0.1, 0.15) is 65.7 Å². The molecule has 3 fully saturated rings. The quantitative estimate of drug-likeness (QED) is 0.128. The summed E-state index contributed by atoms with van der Waals surface area (Å²) in [6, 6.07) is 16.5. The van der Waals surface area contributed by atoms with E-state index in [-0.39, 0.29) is 64.2 Å². The zero-order valence-corrected chi connectivity index (χ0v) is 37.2. The lowest BCUT2D eigenvalue weighted by atomic mass is 9.71. The van der Waals surface area contributed by atoms with E-state index >= 15 is 0 Å². The van der Waals surface area contributed by atoms with Crippen molar-refractivity contribution in [3.63, 3.8) is 0 Å². The number of anilines is 7. The van der Waals surface area contributed by atoms with E-state index in [1.54, 1.807) is 43.5 Å². The highest BCUT2D eigenvalue weighted by molar-refractivity contribution is 7.92. The van der Waals surface area contributed by atoms with E-state index in [1.165, 1.54) is 23.6 Å². The molecule has 336 valence electrons. The van der Waals surface area contributed by atoms with Gasteiger partial charge in [-0.1, -0.05) is 29.8 Å². The molecule has 1 unspecified atom stereocenters. The van der Waals surface area contributed by atoms with E-state index in [4.69, 9.17) is 16.3 Å². The molecule has 1 atom stereocenters. The molecule has 0 radical (unpaired) electrons. The smallest absolute Gasteiger partial charge is 0.264 e. The van der Waals surface area contributed by atoms with Crippen LogP contribution in [0.5, 0.6) is 5.75 Å². The van der Waals surface area contributed by atoms with Gasteiger partial charge in [-0.05, 0) is 87.0 Å².